The lowest BCUT2D eigenvalue weighted by molar-refractivity contribution is 0.0696. The van der Waals surface area contributed by atoms with Crippen LogP contribution in [-0.4, -0.2) is 22.0 Å². The molecule has 0 unspecified atom stereocenters. The van der Waals surface area contributed by atoms with Gasteiger partial charge in [0.15, 0.2) is 0 Å². The van der Waals surface area contributed by atoms with Gasteiger partial charge in [0, 0.05) is 11.6 Å². The fourth-order valence-corrected chi connectivity index (χ4v) is 2.58. The standard InChI is InChI=1S/C11H7IN2O3S/c12-8-3-7(5-18-8)10(15)14-9-4-6(11(16)17)1-2-13-9/h1-5H,(H,16,17)(H,13,14,15). The third kappa shape index (κ3) is 3.05. The highest BCUT2D eigenvalue weighted by atomic mass is 127. The molecule has 92 valence electrons. The molecule has 0 spiro atoms. The van der Waals surface area contributed by atoms with Crippen LogP contribution in [0.15, 0.2) is 29.8 Å². The van der Waals surface area contributed by atoms with Gasteiger partial charge in [-0.15, -0.1) is 11.3 Å². The van der Waals surface area contributed by atoms with E-state index in [2.05, 4.69) is 32.9 Å². The van der Waals surface area contributed by atoms with E-state index >= 15 is 0 Å². The van der Waals surface area contributed by atoms with Crippen LogP contribution in [0.2, 0.25) is 0 Å². The summed E-state index contributed by atoms with van der Waals surface area (Å²) < 4.78 is 1.00. The number of rotatable bonds is 3. The molecule has 0 bridgehead atoms. The Bertz CT molecular complexity index is 612. The molecule has 5 nitrogen and oxygen atoms in total. The maximum Gasteiger partial charge on any atom is 0.335 e. The zero-order valence-corrected chi connectivity index (χ0v) is 11.9. The highest BCUT2D eigenvalue weighted by molar-refractivity contribution is 14.1. The van der Waals surface area contributed by atoms with Gasteiger partial charge in [0.2, 0.25) is 0 Å². The normalized spacial score (nSPS) is 10.1. The predicted octanol–water partition coefficient (Wildman–Crippen LogP) is 2.70. The largest absolute Gasteiger partial charge is 0.478 e. The summed E-state index contributed by atoms with van der Waals surface area (Å²) in [4.78, 5) is 26.5. The number of nitrogens with zero attached hydrogens (tertiary/aromatic N) is 1. The van der Waals surface area contributed by atoms with Gasteiger partial charge in [-0.1, -0.05) is 0 Å². The Morgan fingerprint density at radius 1 is 1.33 bits per heavy atom. The van der Waals surface area contributed by atoms with Crippen molar-refractivity contribution in [1.82, 2.24) is 4.98 Å². The van der Waals surface area contributed by atoms with Crippen molar-refractivity contribution in [2.24, 2.45) is 0 Å². The number of amides is 1. The van der Waals surface area contributed by atoms with Crippen LogP contribution < -0.4 is 5.32 Å². The number of aromatic carboxylic acids is 1. The number of pyridine rings is 1. The van der Waals surface area contributed by atoms with Crippen molar-refractivity contribution in [3.63, 3.8) is 0 Å². The van der Waals surface area contributed by atoms with Gasteiger partial charge >= 0.3 is 5.97 Å². The molecule has 0 saturated carbocycles. The number of carboxylic acid groups (broad SMARTS) is 1. The van der Waals surface area contributed by atoms with E-state index in [0.29, 0.717) is 5.56 Å². The Morgan fingerprint density at radius 3 is 2.72 bits per heavy atom. The molecule has 0 aliphatic heterocycles. The van der Waals surface area contributed by atoms with E-state index in [1.807, 2.05) is 0 Å². The number of carboxylic acids is 1. The minimum Gasteiger partial charge on any atom is -0.478 e. The Hall–Kier alpha value is -1.48. The molecular weight excluding hydrogens is 367 g/mol. The lowest BCUT2D eigenvalue weighted by Gasteiger charge is -2.03. The first kappa shape index (κ1) is 13.0. The van der Waals surface area contributed by atoms with Crippen molar-refractivity contribution in [3.8, 4) is 0 Å². The number of hydrogen-bond acceptors (Lipinski definition) is 4. The summed E-state index contributed by atoms with van der Waals surface area (Å²) in [6.07, 6.45) is 1.34. The lowest BCUT2D eigenvalue weighted by Crippen LogP contribution is -2.12. The van der Waals surface area contributed by atoms with Gasteiger partial charge in [-0.05, 0) is 40.8 Å². The van der Waals surface area contributed by atoms with Gasteiger partial charge in [0.05, 0.1) is 14.0 Å². The predicted molar refractivity (Wildman–Crippen MR) is 76.2 cm³/mol. The molecule has 7 heteroatoms. The van der Waals surface area contributed by atoms with E-state index in [1.54, 1.807) is 11.4 Å². The minimum atomic E-state index is -1.06. The second-order valence-electron chi connectivity index (χ2n) is 3.33. The number of nitrogens with one attached hydrogen (secondary N) is 1. The van der Waals surface area contributed by atoms with E-state index in [4.69, 9.17) is 5.11 Å². The molecule has 0 aliphatic carbocycles. The van der Waals surface area contributed by atoms with E-state index in [9.17, 15) is 9.59 Å². The average molecular weight is 374 g/mol. The van der Waals surface area contributed by atoms with Crippen LogP contribution in [0, 0.1) is 2.88 Å². The molecule has 0 fully saturated rings. The van der Waals surface area contributed by atoms with Crippen LogP contribution >= 0.6 is 33.9 Å². The number of carbonyl (C=O) groups is 2. The smallest absolute Gasteiger partial charge is 0.335 e. The molecule has 2 heterocycles. The lowest BCUT2D eigenvalue weighted by atomic mass is 10.2. The topological polar surface area (TPSA) is 79.3 Å². The summed E-state index contributed by atoms with van der Waals surface area (Å²) >= 11 is 3.59. The monoisotopic (exact) mass is 374 g/mol. The van der Waals surface area contributed by atoms with E-state index in [1.165, 1.54) is 29.7 Å². The Kier molecular flexibility index (Phi) is 3.92. The number of thiophene rings is 1. The SMILES string of the molecule is O=C(O)c1ccnc(NC(=O)c2csc(I)c2)c1. The second-order valence-corrected chi connectivity index (χ2v) is 6.13. The summed E-state index contributed by atoms with van der Waals surface area (Å²) in [6, 6.07) is 4.44. The molecule has 2 aromatic heterocycles. The third-order valence-electron chi connectivity index (χ3n) is 2.08. The molecule has 1 amide bonds. The van der Waals surface area contributed by atoms with Crippen LogP contribution in [0.4, 0.5) is 5.82 Å². The van der Waals surface area contributed by atoms with Crippen LogP contribution in [0.5, 0.6) is 0 Å². The van der Waals surface area contributed by atoms with Gasteiger partial charge in [0.1, 0.15) is 5.82 Å². The Labute approximate surface area is 120 Å². The second kappa shape index (κ2) is 5.44. The molecule has 18 heavy (non-hydrogen) atoms. The van der Waals surface area contributed by atoms with Crippen molar-refractivity contribution < 1.29 is 14.7 Å². The minimum absolute atomic E-state index is 0.0835. The van der Waals surface area contributed by atoms with Gasteiger partial charge in [0.25, 0.3) is 5.91 Å². The summed E-state index contributed by atoms with van der Waals surface area (Å²) in [5.74, 6) is -1.14. The van der Waals surface area contributed by atoms with Crippen molar-refractivity contribution in [1.29, 1.82) is 0 Å². The number of aromatic nitrogens is 1. The highest BCUT2D eigenvalue weighted by Crippen LogP contribution is 2.17. The van der Waals surface area contributed by atoms with Gasteiger partial charge in [-0.2, -0.15) is 0 Å². The first-order valence-electron chi connectivity index (χ1n) is 4.81. The maximum atomic E-state index is 11.8. The molecule has 0 radical (unpaired) electrons. The quantitative estimate of drug-likeness (QED) is 0.810. The first-order valence-corrected chi connectivity index (χ1v) is 6.77. The van der Waals surface area contributed by atoms with E-state index in [-0.39, 0.29) is 17.3 Å². The molecule has 0 aromatic carbocycles. The summed E-state index contributed by atoms with van der Waals surface area (Å²) in [6.45, 7) is 0. The summed E-state index contributed by atoms with van der Waals surface area (Å²) in [5, 5.41) is 13.1. The third-order valence-corrected chi connectivity index (χ3v) is 3.87. The molecule has 0 aliphatic rings. The molecule has 0 saturated heterocycles. The average Bonchev–Trinajstić information content (AvgIpc) is 2.76. The van der Waals surface area contributed by atoms with Gasteiger partial charge < -0.3 is 10.4 Å². The van der Waals surface area contributed by atoms with Gasteiger partial charge in [-0.25, -0.2) is 9.78 Å². The molecule has 2 N–H and O–H groups in total. The fourth-order valence-electron chi connectivity index (χ4n) is 1.25. The van der Waals surface area contributed by atoms with E-state index < -0.39 is 5.97 Å². The maximum absolute atomic E-state index is 11.8. The number of halogens is 1. The number of anilines is 1. The Morgan fingerprint density at radius 2 is 2.11 bits per heavy atom. The van der Waals surface area contributed by atoms with E-state index in [0.717, 1.165) is 2.88 Å². The van der Waals surface area contributed by atoms with Crippen LogP contribution in [0.3, 0.4) is 0 Å². The van der Waals surface area contributed by atoms with Gasteiger partial charge in [-0.3, -0.25) is 4.79 Å². The number of carbonyl (C=O) groups excluding carboxylic acids is 1. The zero-order chi connectivity index (χ0) is 13.1. The highest BCUT2D eigenvalue weighted by Gasteiger charge is 2.10. The fraction of sp³-hybridized carbons (Fsp3) is 0. The number of hydrogen-bond donors (Lipinski definition) is 2. The van der Waals surface area contributed by atoms with Crippen molar-refractivity contribution in [3.05, 3.63) is 43.8 Å². The van der Waals surface area contributed by atoms with Crippen LogP contribution in [-0.2, 0) is 0 Å². The molecular formula is C11H7IN2O3S. The summed E-state index contributed by atoms with van der Waals surface area (Å²) in [7, 11) is 0. The molecule has 2 rings (SSSR count). The van der Waals surface area contributed by atoms with Crippen LogP contribution in [0.1, 0.15) is 20.7 Å². The molecule has 0 atom stereocenters. The van der Waals surface area contributed by atoms with Crippen LogP contribution in [0.25, 0.3) is 0 Å². The Balaban J connectivity index is 2.16. The van der Waals surface area contributed by atoms with Crippen molar-refractivity contribution in [2.45, 2.75) is 0 Å². The molecule has 2 aromatic rings. The zero-order valence-electron chi connectivity index (χ0n) is 8.88. The van der Waals surface area contributed by atoms with Crippen molar-refractivity contribution >= 4 is 51.6 Å². The first-order chi connectivity index (χ1) is 8.56. The van der Waals surface area contributed by atoms with Crippen molar-refractivity contribution in [2.75, 3.05) is 5.32 Å². The summed E-state index contributed by atoms with van der Waals surface area (Å²) in [5.41, 5.74) is 0.618.